The minimum Gasteiger partial charge on any atom is -0.486 e. The molecular formula is C29H31F2N7O4S. The Labute approximate surface area is 247 Å². The van der Waals surface area contributed by atoms with Gasteiger partial charge in [-0.1, -0.05) is 19.1 Å². The van der Waals surface area contributed by atoms with E-state index in [1.807, 2.05) is 41.4 Å². The third-order valence-corrected chi connectivity index (χ3v) is 9.31. The molecule has 1 aliphatic heterocycles. The van der Waals surface area contributed by atoms with Crippen LogP contribution < -0.4 is 19.9 Å². The summed E-state index contributed by atoms with van der Waals surface area (Å²) in [4.78, 5) is 15.3. The largest absolute Gasteiger partial charge is 0.486 e. The highest BCUT2D eigenvalue weighted by atomic mass is 32.2. The zero-order valence-electron chi connectivity index (χ0n) is 23.5. The quantitative estimate of drug-likeness (QED) is 0.293. The van der Waals surface area contributed by atoms with Gasteiger partial charge in [-0.3, -0.25) is 4.79 Å². The van der Waals surface area contributed by atoms with E-state index in [-0.39, 0.29) is 49.6 Å². The van der Waals surface area contributed by atoms with Crippen LogP contribution in [-0.4, -0.2) is 65.1 Å². The average molecular weight is 612 g/mol. The zero-order chi connectivity index (χ0) is 30.2. The van der Waals surface area contributed by atoms with Crippen LogP contribution in [0.25, 0.3) is 11.4 Å². The molecule has 3 heterocycles. The van der Waals surface area contributed by atoms with Gasteiger partial charge in [-0.25, -0.2) is 13.5 Å². The second kappa shape index (κ2) is 11.5. The van der Waals surface area contributed by atoms with E-state index in [1.54, 1.807) is 10.9 Å². The Kier molecular flexibility index (Phi) is 7.75. The van der Waals surface area contributed by atoms with E-state index in [0.29, 0.717) is 12.3 Å². The van der Waals surface area contributed by atoms with Gasteiger partial charge in [0, 0.05) is 56.6 Å². The molecule has 0 spiro atoms. The van der Waals surface area contributed by atoms with Crippen LogP contribution in [0.2, 0.25) is 0 Å². The van der Waals surface area contributed by atoms with Gasteiger partial charge in [0.05, 0.1) is 24.2 Å². The number of halogens is 2. The number of hydrogen-bond donors (Lipinski definition) is 1. The average Bonchev–Trinajstić information content (AvgIpc) is 3.47. The summed E-state index contributed by atoms with van der Waals surface area (Å²) in [6, 6.07) is 12.0. The van der Waals surface area contributed by atoms with Gasteiger partial charge in [-0.05, 0) is 48.7 Å². The highest BCUT2D eigenvalue weighted by Crippen LogP contribution is 2.45. The van der Waals surface area contributed by atoms with Crippen molar-refractivity contribution in [3.8, 4) is 17.1 Å². The summed E-state index contributed by atoms with van der Waals surface area (Å²) in [5.74, 6) is -1.66. The molecule has 2 aliphatic rings. The molecule has 2 aromatic carbocycles. The van der Waals surface area contributed by atoms with E-state index in [4.69, 9.17) is 4.74 Å². The topological polar surface area (TPSA) is 115 Å². The molecular weight excluding hydrogens is 580 g/mol. The summed E-state index contributed by atoms with van der Waals surface area (Å²) in [5, 5.41) is 8.37. The molecule has 0 radical (unpaired) electrons. The van der Waals surface area contributed by atoms with E-state index in [1.165, 1.54) is 10.5 Å². The maximum atomic E-state index is 13.9. The van der Waals surface area contributed by atoms with Crippen LogP contribution in [-0.2, 0) is 16.8 Å². The normalized spacial score (nSPS) is 16.8. The number of hydrogen-bond acceptors (Lipinski definition) is 7. The number of rotatable bonds is 10. The van der Waals surface area contributed by atoms with E-state index in [9.17, 15) is 22.0 Å². The molecule has 226 valence electrons. The number of aromatic nitrogens is 4. The maximum absolute atomic E-state index is 13.9. The monoisotopic (exact) mass is 611 g/mol. The molecule has 11 nitrogen and oxygen atoms in total. The summed E-state index contributed by atoms with van der Waals surface area (Å²) in [6.45, 7) is 3.39. The number of benzene rings is 2. The molecule has 1 aliphatic carbocycles. The van der Waals surface area contributed by atoms with Crippen molar-refractivity contribution in [2.45, 2.75) is 26.3 Å². The van der Waals surface area contributed by atoms with Crippen LogP contribution in [0.5, 0.6) is 5.75 Å². The van der Waals surface area contributed by atoms with Crippen molar-refractivity contribution in [2.75, 3.05) is 37.7 Å². The number of nitrogens with zero attached hydrogens (tertiary/aromatic N) is 6. The standard InChI is InChI=1S/C29H31F2N7O4S/c1-29(7-8-29)20-42-27-26(19-33-38(28(27)39)25-16-22(30)15-23(31)17-25)35-11-13-36(14-12-35)43(40,41)34-18-21-3-5-24(6-4-21)37-10-2-9-32-37/h2-6,9-10,15-17,19,34H,7-8,11-14,18,20H2,1H3. The third kappa shape index (κ3) is 6.45. The summed E-state index contributed by atoms with van der Waals surface area (Å²) >= 11 is 0. The van der Waals surface area contributed by atoms with Crippen LogP contribution in [0.3, 0.4) is 0 Å². The number of nitrogens with one attached hydrogen (secondary N) is 1. The Morgan fingerprint density at radius 2 is 1.67 bits per heavy atom. The maximum Gasteiger partial charge on any atom is 0.316 e. The Morgan fingerprint density at radius 1 is 0.977 bits per heavy atom. The molecule has 6 rings (SSSR count). The lowest BCUT2D eigenvalue weighted by Gasteiger charge is -2.35. The summed E-state index contributed by atoms with van der Waals surface area (Å²) < 4.78 is 66.6. The van der Waals surface area contributed by atoms with Gasteiger partial charge in [0.15, 0.2) is 0 Å². The van der Waals surface area contributed by atoms with Crippen LogP contribution in [0, 0.1) is 17.0 Å². The zero-order valence-corrected chi connectivity index (χ0v) is 24.3. The lowest BCUT2D eigenvalue weighted by Crippen LogP contribution is -2.52. The van der Waals surface area contributed by atoms with Crippen molar-refractivity contribution in [1.82, 2.24) is 28.6 Å². The fraction of sp³-hybridized carbons (Fsp3) is 0.345. The number of piperazine rings is 1. The number of ether oxygens (including phenoxy) is 1. The molecule has 4 aromatic rings. The van der Waals surface area contributed by atoms with Gasteiger partial charge >= 0.3 is 5.56 Å². The first-order valence-electron chi connectivity index (χ1n) is 13.9. The number of anilines is 1. The summed E-state index contributed by atoms with van der Waals surface area (Å²) in [5.41, 5.74) is 1.32. The summed E-state index contributed by atoms with van der Waals surface area (Å²) in [7, 11) is -3.78. The van der Waals surface area contributed by atoms with E-state index in [2.05, 4.69) is 21.8 Å². The van der Waals surface area contributed by atoms with Crippen LogP contribution in [0.4, 0.5) is 14.5 Å². The molecule has 1 N–H and O–H groups in total. The fourth-order valence-corrected chi connectivity index (χ4v) is 6.04. The molecule has 43 heavy (non-hydrogen) atoms. The Balaban J connectivity index is 1.15. The van der Waals surface area contributed by atoms with Crippen molar-refractivity contribution in [3.05, 3.63) is 94.7 Å². The molecule has 0 amide bonds. The molecule has 2 aromatic heterocycles. The fourth-order valence-electron chi connectivity index (χ4n) is 4.86. The first kappa shape index (κ1) is 29.0. The van der Waals surface area contributed by atoms with E-state index < -0.39 is 27.4 Å². The van der Waals surface area contributed by atoms with E-state index >= 15 is 0 Å². The predicted octanol–water partition coefficient (Wildman–Crippen LogP) is 3.03. The second-order valence-electron chi connectivity index (χ2n) is 11.1. The van der Waals surface area contributed by atoms with Gasteiger partial charge in [-0.2, -0.15) is 32.3 Å². The lowest BCUT2D eigenvalue weighted by atomic mass is 10.2. The van der Waals surface area contributed by atoms with Gasteiger partial charge in [-0.15, -0.1) is 0 Å². The highest BCUT2D eigenvalue weighted by molar-refractivity contribution is 7.87. The Hall–Kier alpha value is -4.14. The highest BCUT2D eigenvalue weighted by Gasteiger charge is 2.39. The lowest BCUT2D eigenvalue weighted by molar-refractivity contribution is 0.242. The van der Waals surface area contributed by atoms with Crippen molar-refractivity contribution < 1.29 is 21.9 Å². The van der Waals surface area contributed by atoms with E-state index in [0.717, 1.165) is 47.0 Å². The molecule has 0 bridgehead atoms. The van der Waals surface area contributed by atoms with Crippen LogP contribution >= 0.6 is 0 Å². The van der Waals surface area contributed by atoms with Crippen LogP contribution in [0.15, 0.2) is 71.9 Å². The Bertz CT molecular complexity index is 1750. The molecule has 1 saturated carbocycles. The van der Waals surface area contributed by atoms with Gasteiger partial charge < -0.3 is 9.64 Å². The molecule has 14 heteroatoms. The second-order valence-corrected chi connectivity index (χ2v) is 12.9. The SMILES string of the molecule is CC1(COc2c(N3CCN(S(=O)(=O)NCc4ccc(-n5cccn5)cc4)CC3)cnn(-c3cc(F)cc(F)c3)c2=O)CC1. The van der Waals surface area contributed by atoms with Gasteiger partial charge in [0.1, 0.15) is 17.3 Å². The first-order chi connectivity index (χ1) is 20.6. The minimum absolute atomic E-state index is 0.0146. The predicted molar refractivity (Wildman–Crippen MR) is 156 cm³/mol. The Morgan fingerprint density at radius 3 is 2.30 bits per heavy atom. The smallest absolute Gasteiger partial charge is 0.316 e. The minimum atomic E-state index is -3.78. The molecule has 0 unspecified atom stereocenters. The van der Waals surface area contributed by atoms with Crippen molar-refractivity contribution >= 4 is 15.9 Å². The van der Waals surface area contributed by atoms with Crippen molar-refractivity contribution in [1.29, 1.82) is 0 Å². The van der Waals surface area contributed by atoms with Gasteiger partial charge in [0.25, 0.3) is 10.2 Å². The van der Waals surface area contributed by atoms with Crippen LogP contribution in [0.1, 0.15) is 25.3 Å². The van der Waals surface area contributed by atoms with Gasteiger partial charge in [0.2, 0.25) is 5.75 Å². The summed E-state index contributed by atoms with van der Waals surface area (Å²) in [6.07, 6.45) is 6.86. The molecule has 0 atom stereocenters. The first-order valence-corrected chi connectivity index (χ1v) is 15.3. The van der Waals surface area contributed by atoms with Crippen molar-refractivity contribution in [2.24, 2.45) is 5.41 Å². The van der Waals surface area contributed by atoms with Crippen molar-refractivity contribution in [3.63, 3.8) is 0 Å². The third-order valence-electron chi connectivity index (χ3n) is 7.76. The molecule has 2 fully saturated rings. The molecule has 1 saturated heterocycles.